The molecule has 1 N–H and O–H groups in total. The fourth-order valence-corrected chi connectivity index (χ4v) is 1.88. The number of hydrogen-bond donors (Lipinski definition) is 1. The largest absolute Gasteiger partial charge is 0.328 e. The first kappa shape index (κ1) is 12.9. The van der Waals surface area contributed by atoms with Gasteiger partial charge < -0.3 is 4.98 Å². The van der Waals surface area contributed by atoms with Crippen LogP contribution in [0.4, 0.5) is 4.39 Å². The second kappa shape index (κ2) is 4.61. The zero-order valence-corrected chi connectivity index (χ0v) is 11.4. The molecule has 0 fully saturated rings. The van der Waals surface area contributed by atoms with Crippen molar-refractivity contribution in [3.05, 3.63) is 46.6 Å². The van der Waals surface area contributed by atoms with Crippen molar-refractivity contribution in [2.45, 2.75) is 26.2 Å². The molecule has 2 aromatic rings. The molecule has 0 spiro atoms. The van der Waals surface area contributed by atoms with Gasteiger partial charge in [-0.2, -0.15) is 0 Å². The molecule has 2 rings (SSSR count). The molecule has 94 valence electrons. The highest BCUT2D eigenvalue weighted by Gasteiger charge is 2.14. The highest BCUT2D eigenvalue weighted by atomic mass is 32.1. The fraction of sp³-hybridized carbons (Fsp3) is 0.286. The minimum absolute atomic E-state index is 0.0855. The number of nitrogens with one attached hydrogen (secondary N) is 1. The molecule has 0 saturated carbocycles. The predicted octanol–water partition coefficient (Wildman–Crippen LogP) is 4.24. The average molecular weight is 262 g/mol. The van der Waals surface area contributed by atoms with Crippen LogP contribution in [0, 0.1) is 10.6 Å². The zero-order chi connectivity index (χ0) is 13.3. The lowest BCUT2D eigenvalue weighted by molar-refractivity contribution is 0.590. The van der Waals surface area contributed by atoms with E-state index in [0.29, 0.717) is 5.69 Å². The number of H-pyrrole nitrogens is 1. The molecular weight excluding hydrogens is 247 g/mol. The van der Waals surface area contributed by atoms with Gasteiger partial charge >= 0.3 is 0 Å². The maximum absolute atomic E-state index is 13.6. The highest BCUT2D eigenvalue weighted by molar-refractivity contribution is 7.71. The standard InChI is InChI=1S/C14H15FN2S/c1-14(2,3)10-6-4-9(5-7-10)12-11(15)8-16-13(18)17-12/h4-8H,1-3H3,(H,16,17,18). The second-order valence-electron chi connectivity index (χ2n) is 5.24. The van der Waals surface area contributed by atoms with E-state index in [1.54, 1.807) is 0 Å². The number of nitrogens with zero attached hydrogens (tertiary/aromatic N) is 1. The number of hydrogen-bond acceptors (Lipinski definition) is 2. The van der Waals surface area contributed by atoms with Crippen LogP contribution in [0.25, 0.3) is 11.3 Å². The van der Waals surface area contributed by atoms with Gasteiger partial charge in [0.1, 0.15) is 0 Å². The van der Waals surface area contributed by atoms with Gasteiger partial charge in [0.2, 0.25) is 0 Å². The lowest BCUT2D eigenvalue weighted by Gasteiger charge is -2.19. The van der Waals surface area contributed by atoms with Crippen LogP contribution < -0.4 is 0 Å². The zero-order valence-electron chi connectivity index (χ0n) is 10.6. The van der Waals surface area contributed by atoms with E-state index in [2.05, 4.69) is 30.7 Å². The molecule has 0 bridgehead atoms. The summed E-state index contributed by atoms with van der Waals surface area (Å²) >= 11 is 4.91. The molecule has 2 nitrogen and oxygen atoms in total. The molecule has 0 saturated heterocycles. The fourth-order valence-electron chi connectivity index (χ4n) is 1.73. The number of rotatable bonds is 1. The van der Waals surface area contributed by atoms with Crippen molar-refractivity contribution in [3.63, 3.8) is 0 Å². The Bertz CT molecular complexity index is 609. The van der Waals surface area contributed by atoms with Crippen LogP contribution in [-0.2, 0) is 5.41 Å². The number of aromatic nitrogens is 2. The van der Waals surface area contributed by atoms with Crippen LogP contribution >= 0.6 is 12.2 Å². The van der Waals surface area contributed by atoms with Gasteiger partial charge in [0, 0.05) is 5.56 Å². The Balaban J connectivity index is 2.47. The molecule has 1 aromatic heterocycles. The quantitative estimate of drug-likeness (QED) is 0.779. The summed E-state index contributed by atoms with van der Waals surface area (Å²) in [6.45, 7) is 6.42. The predicted molar refractivity (Wildman–Crippen MR) is 73.5 cm³/mol. The molecule has 0 atom stereocenters. The van der Waals surface area contributed by atoms with Crippen molar-refractivity contribution in [1.29, 1.82) is 0 Å². The first-order valence-electron chi connectivity index (χ1n) is 5.73. The lowest BCUT2D eigenvalue weighted by atomic mass is 9.86. The topological polar surface area (TPSA) is 28.7 Å². The van der Waals surface area contributed by atoms with E-state index in [9.17, 15) is 4.39 Å². The van der Waals surface area contributed by atoms with Crippen molar-refractivity contribution in [2.24, 2.45) is 0 Å². The van der Waals surface area contributed by atoms with Crippen molar-refractivity contribution in [1.82, 2.24) is 9.97 Å². The van der Waals surface area contributed by atoms with Crippen LogP contribution in [-0.4, -0.2) is 9.97 Å². The van der Waals surface area contributed by atoms with Gasteiger partial charge in [0.05, 0.1) is 11.9 Å². The molecule has 0 aliphatic carbocycles. The molecule has 1 heterocycles. The molecule has 0 aliphatic rings. The summed E-state index contributed by atoms with van der Waals surface area (Å²) < 4.78 is 13.9. The maximum atomic E-state index is 13.6. The number of benzene rings is 1. The molecule has 4 heteroatoms. The Kier molecular flexibility index (Phi) is 3.30. The van der Waals surface area contributed by atoms with Crippen LogP contribution in [0.2, 0.25) is 0 Å². The van der Waals surface area contributed by atoms with Crippen LogP contribution in [0.5, 0.6) is 0 Å². The molecule has 18 heavy (non-hydrogen) atoms. The Morgan fingerprint density at radius 1 is 1.17 bits per heavy atom. The van der Waals surface area contributed by atoms with E-state index in [0.717, 1.165) is 11.8 Å². The summed E-state index contributed by atoms with van der Waals surface area (Å²) in [6.07, 6.45) is 1.14. The first-order chi connectivity index (χ1) is 8.38. The van der Waals surface area contributed by atoms with Crippen molar-refractivity contribution in [3.8, 4) is 11.3 Å². The van der Waals surface area contributed by atoms with E-state index < -0.39 is 5.82 Å². The summed E-state index contributed by atoms with van der Waals surface area (Å²) in [5, 5.41) is 0. The Hall–Kier alpha value is -1.55. The molecule has 0 unspecified atom stereocenters. The van der Waals surface area contributed by atoms with Gasteiger partial charge in [-0.3, -0.25) is 0 Å². The Morgan fingerprint density at radius 2 is 1.78 bits per heavy atom. The van der Waals surface area contributed by atoms with E-state index in [-0.39, 0.29) is 10.2 Å². The van der Waals surface area contributed by atoms with Crippen LogP contribution in [0.15, 0.2) is 30.5 Å². The summed E-state index contributed by atoms with van der Waals surface area (Å²) in [7, 11) is 0. The third kappa shape index (κ3) is 2.64. The van der Waals surface area contributed by atoms with Gasteiger partial charge in [-0.25, -0.2) is 9.37 Å². The summed E-state index contributed by atoms with van der Waals surface area (Å²) in [5.41, 5.74) is 2.45. The van der Waals surface area contributed by atoms with Gasteiger partial charge in [-0.1, -0.05) is 45.0 Å². The van der Waals surface area contributed by atoms with Crippen molar-refractivity contribution >= 4 is 12.2 Å². The normalized spacial score (nSPS) is 11.6. The van der Waals surface area contributed by atoms with Gasteiger partial charge in [-0.05, 0) is 23.2 Å². The maximum Gasteiger partial charge on any atom is 0.197 e. The minimum Gasteiger partial charge on any atom is -0.328 e. The molecule has 0 amide bonds. The lowest BCUT2D eigenvalue weighted by Crippen LogP contribution is -2.10. The van der Waals surface area contributed by atoms with Gasteiger partial charge in [-0.15, -0.1) is 0 Å². The smallest absolute Gasteiger partial charge is 0.197 e. The summed E-state index contributed by atoms with van der Waals surface area (Å²) in [6, 6.07) is 7.80. The van der Waals surface area contributed by atoms with Crippen molar-refractivity contribution < 1.29 is 4.39 Å². The van der Waals surface area contributed by atoms with E-state index in [1.165, 1.54) is 5.56 Å². The number of halogens is 1. The summed E-state index contributed by atoms with van der Waals surface area (Å²) in [4.78, 5) is 6.48. The van der Waals surface area contributed by atoms with Crippen molar-refractivity contribution in [2.75, 3.05) is 0 Å². The first-order valence-corrected chi connectivity index (χ1v) is 6.14. The highest BCUT2D eigenvalue weighted by Crippen LogP contribution is 2.26. The molecule has 0 radical (unpaired) electrons. The average Bonchev–Trinajstić information content (AvgIpc) is 2.31. The van der Waals surface area contributed by atoms with Gasteiger partial charge in [0.25, 0.3) is 0 Å². The van der Waals surface area contributed by atoms with E-state index in [4.69, 9.17) is 12.2 Å². The summed E-state index contributed by atoms with van der Waals surface area (Å²) in [5.74, 6) is -0.396. The third-order valence-corrected chi connectivity index (χ3v) is 3.01. The third-order valence-electron chi connectivity index (χ3n) is 2.81. The molecule has 1 aromatic carbocycles. The Labute approximate surface area is 111 Å². The molecule has 0 aliphatic heterocycles. The Morgan fingerprint density at radius 3 is 2.33 bits per heavy atom. The van der Waals surface area contributed by atoms with Crippen LogP contribution in [0.1, 0.15) is 26.3 Å². The van der Waals surface area contributed by atoms with E-state index in [1.807, 2.05) is 24.3 Å². The number of aromatic amines is 1. The molecular formula is C14H15FN2S. The minimum atomic E-state index is -0.396. The van der Waals surface area contributed by atoms with Crippen LogP contribution in [0.3, 0.4) is 0 Å². The monoisotopic (exact) mass is 262 g/mol. The van der Waals surface area contributed by atoms with E-state index >= 15 is 0 Å². The second-order valence-corrected chi connectivity index (χ2v) is 5.63. The SMILES string of the molecule is CC(C)(C)c1ccc(-c2[nH]c(=S)ncc2F)cc1. The van der Waals surface area contributed by atoms with Gasteiger partial charge in [0.15, 0.2) is 10.6 Å².